The summed E-state index contributed by atoms with van der Waals surface area (Å²) in [7, 11) is 0. The highest BCUT2D eigenvalue weighted by Crippen LogP contribution is 2.36. The Bertz CT molecular complexity index is 1180. The van der Waals surface area contributed by atoms with Crippen LogP contribution in [0.15, 0.2) is 47.4 Å². The Hall–Kier alpha value is -3.57. The van der Waals surface area contributed by atoms with Crippen molar-refractivity contribution in [3.63, 3.8) is 0 Å². The molecule has 0 saturated carbocycles. The van der Waals surface area contributed by atoms with Gasteiger partial charge in [-0.3, -0.25) is 30.1 Å². The summed E-state index contributed by atoms with van der Waals surface area (Å²) in [5.41, 5.74) is 5.86. The van der Waals surface area contributed by atoms with Crippen LogP contribution in [-0.2, 0) is 9.59 Å². The lowest BCUT2D eigenvalue weighted by atomic mass is 10.1. The predicted molar refractivity (Wildman–Crippen MR) is 135 cm³/mol. The van der Waals surface area contributed by atoms with Crippen LogP contribution in [0.5, 0.6) is 17.2 Å². The van der Waals surface area contributed by atoms with E-state index in [0.29, 0.717) is 45.7 Å². The number of hydrogen-bond donors (Lipinski definition) is 3. The molecule has 1 saturated heterocycles. The Morgan fingerprint density at radius 3 is 2.63 bits per heavy atom. The van der Waals surface area contributed by atoms with E-state index in [0.717, 1.165) is 12.0 Å². The average molecular weight is 514 g/mol. The number of rotatable bonds is 8. The molecule has 2 aromatic rings. The number of amides is 3. The van der Waals surface area contributed by atoms with E-state index >= 15 is 0 Å². The van der Waals surface area contributed by atoms with Gasteiger partial charge in [0.05, 0.1) is 4.91 Å². The second-order valence-corrected chi connectivity index (χ2v) is 9.48. The second-order valence-electron chi connectivity index (χ2n) is 7.81. The molecule has 0 aromatic heterocycles. The van der Waals surface area contributed by atoms with Crippen molar-refractivity contribution in [2.75, 3.05) is 13.3 Å². The molecule has 182 valence electrons. The summed E-state index contributed by atoms with van der Waals surface area (Å²) in [4.78, 5) is 38.8. The van der Waals surface area contributed by atoms with Gasteiger partial charge in [0.1, 0.15) is 10.1 Å². The van der Waals surface area contributed by atoms with E-state index in [1.807, 2.05) is 18.2 Å². The summed E-state index contributed by atoms with van der Waals surface area (Å²) in [6.45, 7) is 0.666. The zero-order valence-electron chi connectivity index (χ0n) is 18.6. The smallest absolute Gasteiger partial charge is 0.269 e. The van der Waals surface area contributed by atoms with Crippen molar-refractivity contribution in [3.05, 3.63) is 58.5 Å². The molecule has 11 heteroatoms. The van der Waals surface area contributed by atoms with Crippen LogP contribution >= 0.6 is 24.0 Å². The highest BCUT2D eigenvalue weighted by molar-refractivity contribution is 8.26. The summed E-state index contributed by atoms with van der Waals surface area (Å²) >= 11 is 6.65. The van der Waals surface area contributed by atoms with Gasteiger partial charge in [-0.05, 0) is 60.9 Å². The Morgan fingerprint density at radius 1 is 1.06 bits per heavy atom. The van der Waals surface area contributed by atoms with Crippen molar-refractivity contribution < 1.29 is 29.0 Å². The molecule has 0 bridgehead atoms. The quantitative estimate of drug-likeness (QED) is 0.213. The third-order valence-corrected chi connectivity index (χ3v) is 6.68. The zero-order valence-corrected chi connectivity index (χ0v) is 20.2. The van der Waals surface area contributed by atoms with Crippen LogP contribution in [-0.4, -0.2) is 45.4 Å². The summed E-state index contributed by atoms with van der Waals surface area (Å²) in [5, 5.41) is 9.25. The fraction of sp³-hybridized carbons (Fsp3) is 0.250. The van der Waals surface area contributed by atoms with E-state index in [4.69, 9.17) is 21.7 Å². The molecule has 0 radical (unpaired) electrons. The second kappa shape index (κ2) is 11.2. The highest BCUT2D eigenvalue weighted by atomic mass is 32.2. The molecule has 2 aromatic carbocycles. The van der Waals surface area contributed by atoms with Gasteiger partial charge < -0.3 is 14.6 Å². The first-order valence-corrected chi connectivity index (χ1v) is 12.2. The topological polar surface area (TPSA) is 117 Å². The number of carbonyl (C=O) groups excluding carboxylic acids is 3. The lowest BCUT2D eigenvalue weighted by Gasteiger charge is -2.14. The molecule has 0 unspecified atom stereocenters. The molecule has 4 rings (SSSR count). The first kappa shape index (κ1) is 24.6. The van der Waals surface area contributed by atoms with Gasteiger partial charge in [0, 0.05) is 18.5 Å². The fourth-order valence-corrected chi connectivity index (χ4v) is 4.76. The van der Waals surface area contributed by atoms with E-state index in [1.165, 1.54) is 36.0 Å². The monoisotopic (exact) mass is 513 g/mol. The molecule has 2 aliphatic rings. The standard InChI is InChI=1S/C24H23N3O6S2/c28-17-8-6-16(7-9-17)22(30)26-25-21(29)4-2-1-3-11-27-23(31)20(35-24(27)34)13-15-5-10-18-19(12-15)33-14-32-18/h5-10,12-13,28H,1-4,11,14H2,(H,25,29)(H,26,30). The van der Waals surface area contributed by atoms with Gasteiger partial charge >= 0.3 is 0 Å². The number of hydrogen-bond acceptors (Lipinski definition) is 8. The third kappa shape index (κ3) is 6.31. The van der Waals surface area contributed by atoms with Crippen molar-refractivity contribution in [1.82, 2.24) is 15.8 Å². The number of aromatic hydroxyl groups is 1. The van der Waals surface area contributed by atoms with Crippen LogP contribution in [0.25, 0.3) is 6.08 Å². The molecule has 0 atom stereocenters. The number of carbonyl (C=O) groups is 3. The van der Waals surface area contributed by atoms with Crippen molar-refractivity contribution >= 4 is 52.1 Å². The number of benzene rings is 2. The number of nitrogens with zero attached hydrogens (tertiary/aromatic N) is 1. The van der Waals surface area contributed by atoms with E-state index in [2.05, 4.69) is 10.9 Å². The lowest BCUT2D eigenvalue weighted by molar-refractivity contribution is -0.123. The summed E-state index contributed by atoms with van der Waals surface area (Å²) < 4.78 is 11.2. The van der Waals surface area contributed by atoms with E-state index < -0.39 is 5.91 Å². The van der Waals surface area contributed by atoms with Crippen LogP contribution in [0.1, 0.15) is 41.6 Å². The van der Waals surface area contributed by atoms with E-state index in [1.54, 1.807) is 11.0 Å². The average Bonchev–Trinajstić information content (AvgIpc) is 3.42. The summed E-state index contributed by atoms with van der Waals surface area (Å²) in [6, 6.07) is 11.2. The maximum absolute atomic E-state index is 12.8. The van der Waals surface area contributed by atoms with Gasteiger partial charge in [0.15, 0.2) is 11.5 Å². The number of phenolic OH excluding ortho intramolecular Hbond substituents is 1. The number of thiocarbonyl (C=S) groups is 1. The number of phenols is 1. The normalized spacial score (nSPS) is 15.5. The third-order valence-electron chi connectivity index (χ3n) is 5.30. The molecule has 0 aliphatic carbocycles. The highest BCUT2D eigenvalue weighted by Gasteiger charge is 2.31. The number of nitrogens with one attached hydrogen (secondary N) is 2. The van der Waals surface area contributed by atoms with E-state index in [9.17, 15) is 19.5 Å². The van der Waals surface area contributed by atoms with Crippen LogP contribution in [0.4, 0.5) is 0 Å². The predicted octanol–water partition coefficient (Wildman–Crippen LogP) is 3.34. The summed E-state index contributed by atoms with van der Waals surface area (Å²) in [6.07, 6.45) is 4.04. The van der Waals surface area contributed by atoms with Crippen LogP contribution in [0.3, 0.4) is 0 Å². The summed E-state index contributed by atoms with van der Waals surface area (Å²) in [5.74, 6) is 0.474. The number of unbranched alkanes of at least 4 members (excludes halogenated alkanes) is 2. The number of fused-ring (bicyclic) bond motifs is 1. The van der Waals surface area contributed by atoms with Gasteiger partial charge in [-0.1, -0.05) is 36.5 Å². The largest absolute Gasteiger partial charge is 0.508 e. The Kier molecular flexibility index (Phi) is 7.88. The number of ether oxygens (including phenoxy) is 2. The molecule has 2 aliphatic heterocycles. The number of hydrazine groups is 1. The molecular weight excluding hydrogens is 490 g/mol. The number of thioether (sulfide) groups is 1. The van der Waals surface area contributed by atoms with Crippen LogP contribution in [0.2, 0.25) is 0 Å². The minimum absolute atomic E-state index is 0.0533. The van der Waals surface area contributed by atoms with Gasteiger partial charge in [-0.15, -0.1) is 0 Å². The van der Waals surface area contributed by atoms with Crippen molar-refractivity contribution in [2.45, 2.75) is 25.7 Å². The van der Waals surface area contributed by atoms with Crippen molar-refractivity contribution in [1.29, 1.82) is 0 Å². The van der Waals surface area contributed by atoms with Crippen molar-refractivity contribution in [2.24, 2.45) is 0 Å². The first-order valence-electron chi connectivity index (χ1n) is 10.9. The van der Waals surface area contributed by atoms with Gasteiger partial charge in [-0.25, -0.2) is 0 Å². The molecule has 2 heterocycles. The molecule has 3 N–H and O–H groups in total. The van der Waals surface area contributed by atoms with Crippen molar-refractivity contribution in [3.8, 4) is 17.2 Å². The molecule has 3 amide bonds. The van der Waals surface area contributed by atoms with Crippen LogP contribution in [0, 0.1) is 0 Å². The molecule has 9 nitrogen and oxygen atoms in total. The molecule has 35 heavy (non-hydrogen) atoms. The fourth-order valence-electron chi connectivity index (χ4n) is 3.45. The maximum Gasteiger partial charge on any atom is 0.269 e. The van der Waals surface area contributed by atoms with Gasteiger partial charge in [-0.2, -0.15) is 0 Å². The maximum atomic E-state index is 12.8. The Labute approximate surface area is 211 Å². The first-order chi connectivity index (χ1) is 16.9. The van der Waals surface area contributed by atoms with Gasteiger partial charge in [0.2, 0.25) is 12.7 Å². The zero-order chi connectivity index (χ0) is 24.8. The molecule has 1 fully saturated rings. The molecule has 0 spiro atoms. The minimum atomic E-state index is -0.471. The Morgan fingerprint density at radius 2 is 1.83 bits per heavy atom. The van der Waals surface area contributed by atoms with E-state index in [-0.39, 0.29) is 30.8 Å². The van der Waals surface area contributed by atoms with Gasteiger partial charge in [0.25, 0.3) is 11.8 Å². The van der Waals surface area contributed by atoms with Crippen LogP contribution < -0.4 is 20.3 Å². The lowest BCUT2D eigenvalue weighted by Crippen LogP contribution is -2.41. The molecular formula is C24H23N3O6S2. The SMILES string of the molecule is O=C(CCCCCN1C(=O)C(=Cc2ccc3c(c2)OCO3)SC1=S)NNC(=O)c1ccc(O)cc1. The Balaban J connectivity index is 1.16. The minimum Gasteiger partial charge on any atom is -0.508 e.